The van der Waals surface area contributed by atoms with Crippen LogP contribution in [0.2, 0.25) is 0 Å². The topological polar surface area (TPSA) is 57.2 Å². The Balaban J connectivity index is 2.05. The first-order valence-corrected chi connectivity index (χ1v) is 6.48. The van der Waals surface area contributed by atoms with Gasteiger partial charge in [-0.3, -0.25) is 4.79 Å². The van der Waals surface area contributed by atoms with E-state index in [1.165, 1.54) is 3.57 Å². The highest BCUT2D eigenvalue weighted by Gasteiger charge is 2.04. The molecule has 1 amide bonds. The lowest BCUT2D eigenvalue weighted by atomic mass is 10.1. The van der Waals surface area contributed by atoms with Crippen molar-refractivity contribution in [2.45, 2.75) is 6.92 Å². The van der Waals surface area contributed by atoms with E-state index in [9.17, 15) is 4.79 Å². The maximum atomic E-state index is 11.6. The van der Waals surface area contributed by atoms with Crippen molar-refractivity contribution >= 4 is 34.2 Å². The predicted octanol–water partition coefficient (Wildman–Crippen LogP) is 2.77. The number of hydrazone groups is 1. The summed E-state index contributed by atoms with van der Waals surface area (Å²) in [5.41, 5.74) is 4.77. The molecule has 0 aliphatic rings. The second kappa shape index (κ2) is 5.81. The molecular formula is C13H12IN3O. The molecule has 92 valence electrons. The minimum atomic E-state index is -0.245. The molecule has 1 aromatic heterocycles. The van der Waals surface area contributed by atoms with Crippen LogP contribution in [-0.2, 0) is 0 Å². The molecule has 2 N–H and O–H groups in total. The number of carbonyl (C=O) groups is 1. The molecule has 0 atom stereocenters. The summed E-state index contributed by atoms with van der Waals surface area (Å²) in [7, 11) is 0. The number of halogens is 1. The number of benzene rings is 1. The molecule has 0 saturated carbocycles. The molecule has 0 spiro atoms. The van der Waals surface area contributed by atoms with E-state index in [1.54, 1.807) is 18.3 Å². The van der Waals surface area contributed by atoms with Crippen molar-refractivity contribution in [3.63, 3.8) is 0 Å². The highest BCUT2D eigenvalue weighted by molar-refractivity contribution is 14.1. The summed E-state index contributed by atoms with van der Waals surface area (Å²) in [5.74, 6) is -0.245. The van der Waals surface area contributed by atoms with E-state index in [0.717, 1.165) is 11.3 Å². The molecule has 1 aromatic carbocycles. The molecule has 0 bridgehead atoms. The van der Waals surface area contributed by atoms with Crippen molar-refractivity contribution in [1.82, 2.24) is 10.4 Å². The molecule has 2 aromatic rings. The molecule has 2 rings (SSSR count). The van der Waals surface area contributed by atoms with Gasteiger partial charge in [-0.1, -0.05) is 12.1 Å². The number of nitrogens with one attached hydrogen (secondary N) is 2. The van der Waals surface area contributed by atoms with E-state index in [4.69, 9.17) is 0 Å². The first kappa shape index (κ1) is 12.8. The molecule has 0 aliphatic heterocycles. The van der Waals surface area contributed by atoms with Gasteiger partial charge in [-0.05, 0) is 59.3 Å². The summed E-state index contributed by atoms with van der Waals surface area (Å²) in [6, 6.07) is 11.4. The van der Waals surface area contributed by atoms with Gasteiger partial charge < -0.3 is 4.98 Å². The normalized spacial score (nSPS) is 11.3. The predicted molar refractivity (Wildman–Crippen MR) is 79.6 cm³/mol. The van der Waals surface area contributed by atoms with Gasteiger partial charge in [0.1, 0.15) is 5.69 Å². The Hall–Kier alpha value is -1.63. The summed E-state index contributed by atoms with van der Waals surface area (Å²) in [5, 5.41) is 4.07. The second-order valence-corrected chi connectivity index (χ2v) is 4.97. The number of carbonyl (C=O) groups excluding carboxylic acids is 1. The molecule has 4 nitrogen and oxygen atoms in total. The first-order valence-electron chi connectivity index (χ1n) is 5.41. The Morgan fingerprint density at radius 3 is 2.61 bits per heavy atom. The van der Waals surface area contributed by atoms with Gasteiger partial charge in [0.15, 0.2) is 0 Å². The molecular weight excluding hydrogens is 341 g/mol. The van der Waals surface area contributed by atoms with Gasteiger partial charge >= 0.3 is 0 Å². The summed E-state index contributed by atoms with van der Waals surface area (Å²) in [6.07, 6.45) is 1.70. The van der Waals surface area contributed by atoms with Crippen LogP contribution < -0.4 is 5.43 Å². The van der Waals surface area contributed by atoms with Crippen LogP contribution >= 0.6 is 22.6 Å². The highest BCUT2D eigenvalue weighted by atomic mass is 127. The lowest BCUT2D eigenvalue weighted by Crippen LogP contribution is -2.19. The smallest absolute Gasteiger partial charge is 0.287 e. The molecule has 18 heavy (non-hydrogen) atoms. The molecule has 0 fully saturated rings. The number of H-pyrrole nitrogens is 1. The van der Waals surface area contributed by atoms with Crippen LogP contribution in [0.25, 0.3) is 0 Å². The second-order valence-electron chi connectivity index (χ2n) is 3.73. The Labute approximate surface area is 119 Å². The van der Waals surface area contributed by atoms with Crippen molar-refractivity contribution in [2.24, 2.45) is 5.10 Å². The van der Waals surface area contributed by atoms with Crippen molar-refractivity contribution in [3.8, 4) is 0 Å². The van der Waals surface area contributed by atoms with E-state index in [2.05, 4.69) is 38.1 Å². The number of hydrogen-bond donors (Lipinski definition) is 2. The van der Waals surface area contributed by atoms with Crippen molar-refractivity contribution in [2.75, 3.05) is 0 Å². The average Bonchev–Trinajstić information content (AvgIpc) is 2.90. The minimum Gasteiger partial charge on any atom is -0.357 e. The summed E-state index contributed by atoms with van der Waals surface area (Å²) < 4.78 is 1.17. The fraction of sp³-hybridized carbons (Fsp3) is 0.0769. The zero-order valence-corrected chi connectivity index (χ0v) is 11.9. The van der Waals surface area contributed by atoms with Crippen LogP contribution in [0.1, 0.15) is 23.0 Å². The summed E-state index contributed by atoms with van der Waals surface area (Å²) >= 11 is 2.25. The maximum absolute atomic E-state index is 11.6. The Morgan fingerprint density at radius 1 is 1.28 bits per heavy atom. The van der Waals surface area contributed by atoms with Crippen LogP contribution in [-0.4, -0.2) is 16.6 Å². The van der Waals surface area contributed by atoms with Gasteiger partial charge in [0.25, 0.3) is 5.91 Å². The number of aromatic amines is 1. The SMILES string of the molecule is C/C(=N/NC(=O)c1ccc[nH]1)c1ccc(I)cc1. The third-order valence-corrected chi connectivity index (χ3v) is 3.15. The minimum absolute atomic E-state index is 0.245. The molecule has 0 saturated heterocycles. The average molecular weight is 353 g/mol. The van der Waals surface area contributed by atoms with Crippen LogP contribution in [0.4, 0.5) is 0 Å². The van der Waals surface area contributed by atoms with Crippen molar-refractivity contribution in [1.29, 1.82) is 0 Å². The van der Waals surface area contributed by atoms with Crippen LogP contribution in [0.5, 0.6) is 0 Å². The number of rotatable bonds is 3. The van der Waals surface area contributed by atoms with Gasteiger partial charge in [0.05, 0.1) is 5.71 Å². The van der Waals surface area contributed by atoms with E-state index in [1.807, 2.05) is 31.2 Å². The lowest BCUT2D eigenvalue weighted by molar-refractivity contribution is 0.0950. The number of nitrogens with zero attached hydrogens (tertiary/aromatic N) is 1. The monoisotopic (exact) mass is 353 g/mol. The third-order valence-electron chi connectivity index (χ3n) is 2.43. The Kier molecular flexibility index (Phi) is 4.14. The number of hydrogen-bond acceptors (Lipinski definition) is 2. The van der Waals surface area contributed by atoms with Crippen molar-refractivity contribution < 1.29 is 4.79 Å². The van der Waals surface area contributed by atoms with E-state index >= 15 is 0 Å². The first-order chi connectivity index (χ1) is 8.66. The van der Waals surface area contributed by atoms with Gasteiger partial charge in [0.2, 0.25) is 0 Å². The number of amides is 1. The molecule has 0 aliphatic carbocycles. The Bertz CT molecular complexity index is 558. The molecule has 0 radical (unpaired) electrons. The van der Waals surface area contributed by atoms with Gasteiger partial charge in [-0.25, -0.2) is 5.43 Å². The largest absolute Gasteiger partial charge is 0.357 e. The van der Waals surface area contributed by atoms with E-state index in [-0.39, 0.29) is 5.91 Å². The van der Waals surface area contributed by atoms with E-state index < -0.39 is 0 Å². The standard InChI is InChI=1S/C13H12IN3O/c1-9(10-4-6-11(14)7-5-10)16-17-13(18)12-3-2-8-15-12/h2-8,15H,1H3,(H,17,18)/b16-9-. The molecule has 5 heteroatoms. The van der Waals surface area contributed by atoms with Gasteiger partial charge in [-0.2, -0.15) is 5.10 Å². The van der Waals surface area contributed by atoms with Crippen LogP contribution in [0.3, 0.4) is 0 Å². The van der Waals surface area contributed by atoms with E-state index in [0.29, 0.717) is 5.69 Å². The Morgan fingerprint density at radius 2 is 2.00 bits per heavy atom. The molecule has 0 unspecified atom stereocenters. The fourth-order valence-corrected chi connectivity index (χ4v) is 1.78. The van der Waals surface area contributed by atoms with Crippen molar-refractivity contribution in [3.05, 3.63) is 57.4 Å². The lowest BCUT2D eigenvalue weighted by Gasteiger charge is -2.02. The van der Waals surface area contributed by atoms with Crippen LogP contribution in [0.15, 0.2) is 47.7 Å². The molecule has 1 heterocycles. The zero-order chi connectivity index (χ0) is 13.0. The van der Waals surface area contributed by atoms with Gasteiger partial charge in [-0.15, -0.1) is 0 Å². The van der Waals surface area contributed by atoms with Gasteiger partial charge in [0, 0.05) is 9.77 Å². The third kappa shape index (κ3) is 3.19. The summed E-state index contributed by atoms with van der Waals surface area (Å²) in [6.45, 7) is 1.86. The maximum Gasteiger partial charge on any atom is 0.287 e. The summed E-state index contributed by atoms with van der Waals surface area (Å²) in [4.78, 5) is 14.5. The zero-order valence-electron chi connectivity index (χ0n) is 9.77. The fourth-order valence-electron chi connectivity index (χ4n) is 1.42. The number of aromatic nitrogens is 1. The highest BCUT2D eigenvalue weighted by Crippen LogP contribution is 2.07. The quantitative estimate of drug-likeness (QED) is 0.498. The van der Waals surface area contributed by atoms with Crippen LogP contribution in [0, 0.1) is 3.57 Å².